The molecule has 5 atom stereocenters. The minimum Gasteiger partial charge on any atom is -0.811 e. The maximum Gasteiger partial charge on any atom is 1.00 e. The zero-order valence-electron chi connectivity index (χ0n) is 13.1. The van der Waals surface area contributed by atoms with Crippen molar-refractivity contribution < 1.29 is 93.5 Å². The van der Waals surface area contributed by atoms with Gasteiger partial charge in [0.15, 0.2) is 6.23 Å². The summed E-state index contributed by atoms with van der Waals surface area (Å²) in [5.74, 6) is -0.0653. The zero-order chi connectivity index (χ0) is 16.7. The van der Waals surface area contributed by atoms with Crippen molar-refractivity contribution in [3.63, 3.8) is 0 Å². The first-order chi connectivity index (χ1) is 10.1. The van der Waals surface area contributed by atoms with Gasteiger partial charge in [-0.05, 0) is 6.07 Å². The fraction of sp³-hybridized carbons (Fsp3) is 0.600. The number of nitrogen functional groups attached to an aromatic ring is 1. The average molecular weight is 381 g/mol. The number of nitrogens with zero attached hydrogens (tertiary/aromatic N) is 2. The minimum absolute atomic E-state index is 0. The Kier molecular flexibility index (Phi) is 9.83. The fourth-order valence-electron chi connectivity index (χ4n) is 2.19. The average Bonchev–Trinajstić information content (AvgIpc) is 2.65. The molecule has 0 aromatic carbocycles. The number of ether oxygens (including phenoxy) is 1. The van der Waals surface area contributed by atoms with Crippen molar-refractivity contribution in [1.29, 1.82) is 0 Å². The number of aromatic nitrogens is 2. The summed E-state index contributed by atoms with van der Waals surface area (Å²) >= 11 is 0. The molecule has 2 heterocycles. The molecule has 1 aliphatic rings. The van der Waals surface area contributed by atoms with Crippen LogP contribution in [0.25, 0.3) is 0 Å². The Morgan fingerprint density at radius 3 is 2.46 bits per heavy atom. The number of hydrogen-bond donors (Lipinski definition) is 4. The summed E-state index contributed by atoms with van der Waals surface area (Å²) in [5, 5.41) is 29.4. The smallest absolute Gasteiger partial charge is 0.811 e. The number of aliphatic hydroxyl groups is 3. The van der Waals surface area contributed by atoms with Gasteiger partial charge in [-0.15, -0.1) is 0 Å². The third-order valence-electron chi connectivity index (χ3n) is 3.19. The molecule has 0 spiro atoms. The van der Waals surface area contributed by atoms with Gasteiger partial charge in [-0.1, -0.05) is 7.60 Å². The van der Waals surface area contributed by atoms with Crippen LogP contribution in [0.4, 0.5) is 5.82 Å². The van der Waals surface area contributed by atoms with Crippen molar-refractivity contribution in [3.05, 3.63) is 22.7 Å². The molecule has 0 aliphatic carbocycles. The van der Waals surface area contributed by atoms with E-state index >= 15 is 0 Å². The van der Waals surface area contributed by atoms with Crippen LogP contribution in [-0.2, 0) is 9.30 Å². The van der Waals surface area contributed by atoms with Gasteiger partial charge < -0.3 is 40.1 Å². The molecule has 0 bridgehead atoms. The third-order valence-corrected chi connectivity index (χ3v) is 4.01. The van der Waals surface area contributed by atoms with Gasteiger partial charge in [0.2, 0.25) is 0 Å². The summed E-state index contributed by atoms with van der Waals surface area (Å²) in [5.41, 5.74) is 4.44. The maximum absolute atomic E-state index is 11.7. The molecule has 1 aromatic heterocycles. The van der Waals surface area contributed by atoms with Crippen molar-refractivity contribution in [2.24, 2.45) is 0 Å². The molecule has 0 saturated carbocycles. The first kappa shape index (κ1) is 24.7. The Morgan fingerprint density at radius 2 is 1.96 bits per heavy atom. The van der Waals surface area contributed by atoms with Crippen LogP contribution in [0, 0.1) is 0 Å². The molecule has 0 radical (unpaired) electrons. The van der Waals surface area contributed by atoms with Crippen LogP contribution in [0.2, 0.25) is 0 Å². The summed E-state index contributed by atoms with van der Waals surface area (Å²) in [6, 6.07) is 1.25. The largest absolute Gasteiger partial charge is 1.00 e. The van der Waals surface area contributed by atoms with Crippen molar-refractivity contribution in [3.8, 4) is 0 Å². The van der Waals surface area contributed by atoms with Crippen LogP contribution < -0.4 is 80.3 Å². The second-order valence-corrected chi connectivity index (χ2v) is 6.46. The molecular weight excluding hydrogens is 367 g/mol. The topological polar surface area (TPSA) is 194 Å². The summed E-state index contributed by atoms with van der Waals surface area (Å²) in [7, 11) is -5.05. The molecule has 11 nitrogen and oxygen atoms in total. The summed E-state index contributed by atoms with van der Waals surface area (Å²) < 4.78 is 16.6. The predicted octanol–water partition coefficient (Wildman–Crippen LogP) is -10.3. The van der Waals surface area contributed by atoms with E-state index < -0.39 is 50.1 Å². The molecule has 1 aromatic rings. The summed E-state index contributed by atoms with van der Waals surface area (Å²) in [4.78, 5) is 36.4. The summed E-state index contributed by atoms with van der Waals surface area (Å²) in [6.07, 6.45) is -8.17. The molecule has 1 aliphatic heterocycles. The number of aliphatic hydroxyl groups excluding tert-OH is 3. The van der Waals surface area contributed by atoms with E-state index in [1.165, 1.54) is 6.07 Å². The first-order valence-electron chi connectivity index (χ1n) is 6.15. The summed E-state index contributed by atoms with van der Waals surface area (Å²) in [6.45, 7) is 0. The van der Waals surface area contributed by atoms with E-state index in [9.17, 15) is 34.5 Å². The van der Waals surface area contributed by atoms with E-state index in [0.717, 1.165) is 10.8 Å². The SMILES string of the molecule is Nc1ccn([C@@H]2O[C@H]([C@H](O)CP(=O)([O-])[O-])[C@H](O)[C@@H]2O)c(=O)n1.[Na+].[Na+]. The van der Waals surface area contributed by atoms with Gasteiger partial charge in [-0.3, -0.25) is 4.57 Å². The molecule has 0 amide bonds. The Hall–Kier alpha value is 0.670. The minimum atomic E-state index is -5.05. The Bertz CT molecular complexity index is 655. The maximum atomic E-state index is 11.7. The molecule has 0 unspecified atom stereocenters. The molecule has 24 heavy (non-hydrogen) atoms. The van der Waals surface area contributed by atoms with Crippen molar-refractivity contribution in [1.82, 2.24) is 9.55 Å². The fourth-order valence-corrected chi connectivity index (χ4v) is 2.85. The van der Waals surface area contributed by atoms with E-state index in [0.29, 0.717) is 0 Å². The molecule has 2 rings (SSSR count). The number of rotatable bonds is 4. The second-order valence-electron chi connectivity index (χ2n) is 4.88. The van der Waals surface area contributed by atoms with Crippen molar-refractivity contribution >= 4 is 13.4 Å². The predicted molar refractivity (Wildman–Crippen MR) is 67.3 cm³/mol. The van der Waals surface area contributed by atoms with E-state index in [4.69, 9.17) is 10.5 Å². The van der Waals surface area contributed by atoms with Crippen LogP contribution in [-0.4, -0.2) is 55.4 Å². The van der Waals surface area contributed by atoms with E-state index in [-0.39, 0.29) is 64.9 Å². The van der Waals surface area contributed by atoms with E-state index in [1.807, 2.05) is 0 Å². The molecule has 5 N–H and O–H groups in total. The molecule has 1 saturated heterocycles. The van der Waals surface area contributed by atoms with Gasteiger partial charge in [0.1, 0.15) is 24.1 Å². The number of anilines is 1. The molecular formula is C10H14N3Na2O8P. The normalized spacial score (nSPS) is 27.9. The van der Waals surface area contributed by atoms with Gasteiger partial charge in [0.05, 0.1) is 6.10 Å². The number of nitrogens with two attached hydrogens (primary N) is 1. The van der Waals surface area contributed by atoms with Gasteiger partial charge in [0.25, 0.3) is 0 Å². The van der Waals surface area contributed by atoms with Crippen molar-refractivity contribution in [2.75, 3.05) is 11.9 Å². The van der Waals surface area contributed by atoms with Crippen LogP contribution in [0.5, 0.6) is 0 Å². The Balaban J connectivity index is 0.00000264. The molecule has 14 heteroatoms. The molecule has 124 valence electrons. The van der Waals surface area contributed by atoms with Gasteiger partial charge >= 0.3 is 64.8 Å². The van der Waals surface area contributed by atoms with E-state index in [1.54, 1.807) is 0 Å². The van der Waals surface area contributed by atoms with E-state index in [2.05, 4.69) is 4.98 Å². The second kappa shape index (κ2) is 9.56. The van der Waals surface area contributed by atoms with Crippen molar-refractivity contribution in [2.45, 2.75) is 30.6 Å². The third kappa shape index (κ3) is 5.85. The monoisotopic (exact) mass is 381 g/mol. The van der Waals surface area contributed by atoms with Crippen LogP contribution in [0.3, 0.4) is 0 Å². The van der Waals surface area contributed by atoms with Gasteiger partial charge in [0, 0.05) is 12.4 Å². The first-order valence-corrected chi connectivity index (χ1v) is 7.88. The number of hydrogen-bond acceptors (Lipinski definition) is 10. The standard InChI is InChI=1S/C10H16N3O8P.2Na/c11-5-1-2-13(10(17)12-5)9-7(16)6(15)8(21-9)4(14)3-22(18,19)20;;/h1-2,4,6-9,14-16H,3H2,(H2,11,12,17)(H2,18,19,20);;/q;2*+1/p-2/t4-,6-,7+,8-,9-;;/m1../s1. The Labute approximate surface area is 180 Å². The zero-order valence-corrected chi connectivity index (χ0v) is 17.9. The van der Waals surface area contributed by atoms with Gasteiger partial charge in [-0.25, -0.2) is 4.79 Å². The van der Waals surface area contributed by atoms with Crippen LogP contribution in [0.1, 0.15) is 6.23 Å². The Morgan fingerprint density at radius 1 is 1.38 bits per heavy atom. The quantitative estimate of drug-likeness (QED) is 0.287. The van der Waals surface area contributed by atoms with Crippen LogP contribution >= 0.6 is 7.60 Å². The molecule has 1 fully saturated rings. The van der Waals surface area contributed by atoms with Gasteiger partial charge in [-0.2, -0.15) is 4.98 Å². The van der Waals surface area contributed by atoms with Crippen LogP contribution in [0.15, 0.2) is 17.1 Å².